The minimum absolute atomic E-state index is 0.0258. The Kier molecular flexibility index (Phi) is 5.98. The highest BCUT2D eigenvalue weighted by Gasteiger charge is 2.50. The van der Waals surface area contributed by atoms with Gasteiger partial charge in [-0.15, -0.1) is 0 Å². The molecule has 0 aliphatic carbocycles. The van der Waals surface area contributed by atoms with E-state index < -0.39 is 20.6 Å². The van der Waals surface area contributed by atoms with Gasteiger partial charge in [-0.05, 0) is 41.5 Å². The van der Waals surface area contributed by atoms with E-state index in [-0.39, 0.29) is 42.5 Å². The second kappa shape index (κ2) is 7.87. The molecule has 0 amide bonds. The Balaban J connectivity index is 2.58. The molecule has 29 heavy (non-hydrogen) atoms. The smallest absolute Gasteiger partial charge is 0.283 e. The van der Waals surface area contributed by atoms with Crippen LogP contribution in [0.25, 0.3) is 0 Å². The molecule has 152 valence electrons. The van der Waals surface area contributed by atoms with Crippen LogP contribution < -0.4 is 0 Å². The quantitative estimate of drug-likeness (QED) is 0.311. The molecule has 0 heterocycles. The standard InChI is InChI=1S/C19H12Cl4O5S/c20-12-3-1-2-10(8-12)19(29(26,27)28,11-4-6-14(21)16(25)9-11)13-5-7-15(24)18(23)17(13)22/h1-9,24-25H,(H,26,27,28). The molecule has 1 unspecified atom stereocenters. The Labute approximate surface area is 186 Å². The number of aromatic hydroxyl groups is 2. The predicted octanol–water partition coefficient (Wildman–Crippen LogP) is 5.89. The van der Waals surface area contributed by atoms with Gasteiger partial charge in [-0.25, -0.2) is 0 Å². The van der Waals surface area contributed by atoms with Crippen LogP contribution in [0.1, 0.15) is 16.7 Å². The summed E-state index contributed by atoms with van der Waals surface area (Å²) in [6.45, 7) is 0. The fourth-order valence-corrected chi connectivity index (χ4v) is 5.29. The number of hydrogen-bond acceptors (Lipinski definition) is 4. The van der Waals surface area contributed by atoms with Gasteiger partial charge in [0.15, 0.2) is 4.75 Å². The van der Waals surface area contributed by atoms with E-state index in [9.17, 15) is 23.2 Å². The zero-order valence-corrected chi connectivity index (χ0v) is 18.1. The lowest BCUT2D eigenvalue weighted by Crippen LogP contribution is -2.38. The SMILES string of the molecule is O=S(=O)(O)C(c1cccc(Cl)c1)(c1ccc(Cl)c(O)c1)c1ccc(O)c(Cl)c1Cl. The third kappa shape index (κ3) is 3.65. The fraction of sp³-hybridized carbons (Fsp3) is 0.0526. The van der Waals surface area contributed by atoms with Crippen molar-refractivity contribution in [1.82, 2.24) is 0 Å². The normalized spacial score (nSPS) is 13.8. The van der Waals surface area contributed by atoms with E-state index >= 15 is 0 Å². The maximum atomic E-state index is 12.9. The van der Waals surface area contributed by atoms with Crippen LogP contribution in [0.5, 0.6) is 11.5 Å². The molecule has 0 saturated carbocycles. The van der Waals surface area contributed by atoms with Gasteiger partial charge in [0.05, 0.1) is 10.0 Å². The minimum atomic E-state index is -5.02. The molecule has 3 N–H and O–H groups in total. The predicted molar refractivity (Wildman–Crippen MR) is 114 cm³/mol. The molecule has 0 aromatic heterocycles. The molecule has 10 heteroatoms. The number of phenols is 2. The summed E-state index contributed by atoms with van der Waals surface area (Å²) in [5.41, 5.74) is -0.209. The largest absolute Gasteiger partial charge is 0.506 e. The van der Waals surface area contributed by atoms with Crippen molar-refractivity contribution in [2.75, 3.05) is 0 Å². The van der Waals surface area contributed by atoms with Crippen LogP contribution in [-0.4, -0.2) is 23.2 Å². The fourth-order valence-electron chi connectivity index (χ4n) is 3.16. The first-order valence-corrected chi connectivity index (χ1v) is 10.8. The van der Waals surface area contributed by atoms with Gasteiger partial charge in [0, 0.05) is 10.6 Å². The van der Waals surface area contributed by atoms with Crippen molar-refractivity contribution in [3.63, 3.8) is 0 Å². The first-order chi connectivity index (χ1) is 13.5. The van der Waals surface area contributed by atoms with Crippen molar-refractivity contribution in [2.24, 2.45) is 0 Å². The summed E-state index contributed by atoms with van der Waals surface area (Å²) < 4.78 is 34.0. The third-order valence-corrected chi connectivity index (χ3v) is 7.30. The minimum Gasteiger partial charge on any atom is -0.506 e. The summed E-state index contributed by atoms with van der Waals surface area (Å²) in [5.74, 6) is -0.796. The highest BCUT2D eigenvalue weighted by atomic mass is 35.5. The summed E-state index contributed by atoms with van der Waals surface area (Å²) in [6.07, 6.45) is 0. The monoisotopic (exact) mass is 492 g/mol. The number of benzene rings is 3. The maximum absolute atomic E-state index is 12.9. The Morgan fingerprint density at radius 2 is 1.41 bits per heavy atom. The van der Waals surface area contributed by atoms with Crippen LogP contribution in [0.2, 0.25) is 20.1 Å². The van der Waals surface area contributed by atoms with E-state index in [1.807, 2.05) is 0 Å². The summed E-state index contributed by atoms with van der Waals surface area (Å²) in [5, 5.41) is 19.5. The lowest BCUT2D eigenvalue weighted by Gasteiger charge is -2.33. The molecule has 1 atom stereocenters. The van der Waals surface area contributed by atoms with Crippen LogP contribution in [-0.2, 0) is 14.9 Å². The zero-order chi connectivity index (χ0) is 21.6. The lowest BCUT2D eigenvalue weighted by molar-refractivity contribution is 0.455. The van der Waals surface area contributed by atoms with Gasteiger partial charge in [0.2, 0.25) is 0 Å². The average molecular weight is 494 g/mol. The second-order valence-corrected chi connectivity index (χ2v) is 9.26. The van der Waals surface area contributed by atoms with Crippen molar-refractivity contribution in [2.45, 2.75) is 4.75 Å². The molecular weight excluding hydrogens is 482 g/mol. The van der Waals surface area contributed by atoms with Crippen LogP contribution >= 0.6 is 46.4 Å². The van der Waals surface area contributed by atoms with Gasteiger partial charge in [-0.2, -0.15) is 8.42 Å². The van der Waals surface area contributed by atoms with E-state index in [0.717, 1.165) is 12.1 Å². The molecular formula is C19H12Cl4O5S. The molecule has 0 fully saturated rings. The number of phenolic OH excluding ortho intramolecular Hbond substituents is 2. The van der Waals surface area contributed by atoms with E-state index in [1.165, 1.54) is 42.5 Å². The van der Waals surface area contributed by atoms with Gasteiger partial charge in [-0.1, -0.05) is 70.7 Å². The van der Waals surface area contributed by atoms with Crippen LogP contribution in [0, 0.1) is 0 Å². The molecule has 0 saturated heterocycles. The highest BCUT2D eigenvalue weighted by molar-refractivity contribution is 7.87. The number of hydrogen-bond donors (Lipinski definition) is 3. The van der Waals surface area contributed by atoms with Gasteiger partial charge in [-0.3, -0.25) is 4.55 Å². The van der Waals surface area contributed by atoms with Crippen molar-refractivity contribution in [3.05, 3.63) is 91.4 Å². The molecule has 3 aromatic carbocycles. The highest BCUT2D eigenvalue weighted by Crippen LogP contribution is 2.50. The van der Waals surface area contributed by atoms with E-state index in [1.54, 1.807) is 0 Å². The molecule has 0 spiro atoms. The van der Waals surface area contributed by atoms with E-state index in [4.69, 9.17) is 46.4 Å². The number of rotatable bonds is 4. The van der Waals surface area contributed by atoms with Crippen LogP contribution in [0.3, 0.4) is 0 Å². The summed E-state index contributed by atoms with van der Waals surface area (Å²) in [7, 11) is -5.02. The van der Waals surface area contributed by atoms with Gasteiger partial charge >= 0.3 is 0 Å². The van der Waals surface area contributed by atoms with Crippen molar-refractivity contribution >= 4 is 56.5 Å². The van der Waals surface area contributed by atoms with E-state index in [0.29, 0.717) is 0 Å². The molecule has 0 aliphatic rings. The lowest BCUT2D eigenvalue weighted by atomic mass is 9.83. The van der Waals surface area contributed by atoms with Crippen molar-refractivity contribution in [1.29, 1.82) is 0 Å². The first-order valence-electron chi connectivity index (χ1n) is 7.89. The first kappa shape index (κ1) is 22.0. The topological polar surface area (TPSA) is 94.8 Å². The molecule has 0 radical (unpaired) electrons. The Hall–Kier alpha value is -1.67. The number of halogens is 4. The Morgan fingerprint density at radius 3 is 2.00 bits per heavy atom. The summed E-state index contributed by atoms with van der Waals surface area (Å²) in [4.78, 5) is 0. The van der Waals surface area contributed by atoms with Gasteiger partial charge in [0.1, 0.15) is 16.5 Å². The maximum Gasteiger partial charge on any atom is 0.283 e. The van der Waals surface area contributed by atoms with Gasteiger partial charge < -0.3 is 10.2 Å². The van der Waals surface area contributed by atoms with Crippen LogP contribution in [0.4, 0.5) is 0 Å². The van der Waals surface area contributed by atoms with Gasteiger partial charge in [0.25, 0.3) is 10.1 Å². The van der Waals surface area contributed by atoms with Crippen molar-refractivity contribution in [3.8, 4) is 11.5 Å². The zero-order valence-electron chi connectivity index (χ0n) is 14.3. The Bertz CT molecular complexity index is 1210. The van der Waals surface area contributed by atoms with Crippen molar-refractivity contribution < 1.29 is 23.2 Å². The summed E-state index contributed by atoms with van der Waals surface area (Å²) >= 11 is 24.3. The molecule has 5 nitrogen and oxygen atoms in total. The molecule has 3 rings (SSSR count). The average Bonchev–Trinajstić information content (AvgIpc) is 2.64. The third-order valence-electron chi connectivity index (χ3n) is 4.41. The molecule has 0 aliphatic heterocycles. The van der Waals surface area contributed by atoms with E-state index in [2.05, 4.69) is 0 Å². The molecule has 3 aromatic rings. The Morgan fingerprint density at radius 1 is 0.759 bits per heavy atom. The second-order valence-electron chi connectivity index (χ2n) is 6.09. The summed E-state index contributed by atoms with van der Waals surface area (Å²) in [6, 6.07) is 11.8. The van der Waals surface area contributed by atoms with Crippen LogP contribution in [0.15, 0.2) is 54.6 Å². The molecule has 0 bridgehead atoms.